The number of nitrogens with zero attached hydrogens (tertiary/aromatic N) is 4. The van der Waals surface area contributed by atoms with E-state index in [0.717, 1.165) is 0 Å². The molecule has 0 unspecified atom stereocenters. The summed E-state index contributed by atoms with van der Waals surface area (Å²) in [5.74, 6) is -0.436. The molecule has 0 fully saturated rings. The first kappa shape index (κ1) is 11.8. The van der Waals surface area contributed by atoms with E-state index < -0.39 is 5.82 Å². The van der Waals surface area contributed by atoms with Crippen molar-refractivity contribution >= 4 is 6.08 Å². The van der Waals surface area contributed by atoms with Crippen LogP contribution in [-0.4, -0.2) is 6.54 Å². The van der Waals surface area contributed by atoms with E-state index in [2.05, 4.69) is 10.0 Å². The van der Waals surface area contributed by atoms with Gasteiger partial charge in [-0.25, -0.2) is 4.39 Å². The van der Waals surface area contributed by atoms with Gasteiger partial charge < -0.3 is 0 Å². The van der Waals surface area contributed by atoms with Crippen molar-refractivity contribution in [2.45, 2.75) is 6.42 Å². The lowest BCUT2D eigenvalue weighted by Gasteiger charge is -1.95. The maximum absolute atomic E-state index is 13.0. The van der Waals surface area contributed by atoms with E-state index in [-0.39, 0.29) is 5.56 Å². The second kappa shape index (κ2) is 6.23. The molecule has 0 amide bonds. The minimum atomic E-state index is -0.436. The fraction of sp³-hybridized carbons (Fsp3) is 0.182. The summed E-state index contributed by atoms with van der Waals surface area (Å²) in [6.07, 6.45) is 4.05. The largest absolute Gasteiger partial charge is 0.207 e. The van der Waals surface area contributed by atoms with Crippen LogP contribution in [-0.2, 0) is 0 Å². The number of hydrogen-bond donors (Lipinski definition) is 0. The molecule has 1 aromatic carbocycles. The van der Waals surface area contributed by atoms with Gasteiger partial charge in [0.2, 0.25) is 0 Å². The molecule has 16 heavy (non-hydrogen) atoms. The molecule has 1 aromatic rings. The third kappa shape index (κ3) is 3.82. The molecule has 0 saturated carbocycles. The summed E-state index contributed by atoms with van der Waals surface area (Å²) < 4.78 is 13.0. The van der Waals surface area contributed by atoms with Crippen molar-refractivity contribution in [1.29, 1.82) is 5.26 Å². The van der Waals surface area contributed by atoms with Crippen LogP contribution in [0.3, 0.4) is 0 Å². The molecule has 0 aliphatic carbocycles. The van der Waals surface area contributed by atoms with Crippen LogP contribution < -0.4 is 0 Å². The Labute approximate surface area is 92.3 Å². The van der Waals surface area contributed by atoms with Crippen molar-refractivity contribution in [2.75, 3.05) is 6.54 Å². The number of rotatable bonds is 4. The summed E-state index contributed by atoms with van der Waals surface area (Å²) in [5.41, 5.74) is 8.95. The minimum absolute atomic E-state index is 0.287. The van der Waals surface area contributed by atoms with Gasteiger partial charge in [-0.1, -0.05) is 17.3 Å². The third-order valence-corrected chi connectivity index (χ3v) is 1.82. The molecule has 80 valence electrons. The second-order valence-corrected chi connectivity index (χ2v) is 3.03. The highest BCUT2D eigenvalue weighted by molar-refractivity contribution is 5.52. The quantitative estimate of drug-likeness (QED) is 0.329. The summed E-state index contributed by atoms with van der Waals surface area (Å²) in [5, 5.41) is 12.0. The van der Waals surface area contributed by atoms with E-state index in [4.69, 9.17) is 10.8 Å². The van der Waals surface area contributed by atoms with E-state index >= 15 is 0 Å². The first-order valence-corrected chi connectivity index (χ1v) is 4.64. The molecule has 0 saturated heterocycles. The Morgan fingerprint density at radius 3 is 3.00 bits per heavy atom. The summed E-state index contributed by atoms with van der Waals surface area (Å²) in [6.45, 7) is 0.368. The Hall–Kier alpha value is -2.31. The topological polar surface area (TPSA) is 72.5 Å². The Morgan fingerprint density at radius 2 is 2.31 bits per heavy atom. The van der Waals surface area contributed by atoms with Gasteiger partial charge >= 0.3 is 0 Å². The molecule has 1 rings (SSSR count). The monoisotopic (exact) mass is 216 g/mol. The molecule has 0 N–H and O–H groups in total. The van der Waals surface area contributed by atoms with E-state index in [0.29, 0.717) is 18.5 Å². The van der Waals surface area contributed by atoms with Crippen molar-refractivity contribution in [2.24, 2.45) is 5.11 Å². The molecule has 0 bridgehead atoms. The number of azide groups is 1. The predicted molar refractivity (Wildman–Crippen MR) is 58.8 cm³/mol. The SMILES string of the molecule is N#Cc1cc(F)cc(C=CCCN=[N+]=[N-])c1. The van der Waals surface area contributed by atoms with Crippen molar-refractivity contribution in [3.63, 3.8) is 0 Å². The van der Waals surface area contributed by atoms with Gasteiger partial charge in [0.15, 0.2) is 0 Å². The molecule has 0 radical (unpaired) electrons. The zero-order valence-electron chi connectivity index (χ0n) is 8.47. The van der Waals surface area contributed by atoms with Crippen LogP contribution in [0.2, 0.25) is 0 Å². The predicted octanol–water partition coefficient (Wildman–Crippen LogP) is 3.41. The lowest BCUT2D eigenvalue weighted by Crippen LogP contribution is -1.82. The van der Waals surface area contributed by atoms with Crippen LogP contribution in [0.15, 0.2) is 29.4 Å². The number of nitriles is 1. The molecular weight excluding hydrogens is 207 g/mol. The summed E-state index contributed by atoms with van der Waals surface area (Å²) >= 11 is 0. The van der Waals surface area contributed by atoms with Gasteiger partial charge in [-0.3, -0.25) is 0 Å². The Kier molecular flexibility index (Phi) is 4.58. The van der Waals surface area contributed by atoms with Crippen molar-refractivity contribution in [1.82, 2.24) is 0 Å². The summed E-state index contributed by atoms with van der Waals surface area (Å²) in [7, 11) is 0. The van der Waals surface area contributed by atoms with Gasteiger partial charge in [-0.15, -0.1) is 0 Å². The first-order chi connectivity index (χ1) is 7.76. The van der Waals surface area contributed by atoms with Gasteiger partial charge in [-0.2, -0.15) is 5.26 Å². The zero-order chi connectivity index (χ0) is 11.8. The molecule has 0 spiro atoms. The smallest absolute Gasteiger partial charge is 0.125 e. The zero-order valence-corrected chi connectivity index (χ0v) is 8.47. The lowest BCUT2D eigenvalue weighted by molar-refractivity contribution is 0.627. The molecule has 0 aromatic heterocycles. The molecule has 0 atom stereocenters. The van der Waals surface area contributed by atoms with Crippen LogP contribution >= 0.6 is 0 Å². The summed E-state index contributed by atoms with van der Waals surface area (Å²) in [6, 6.07) is 5.98. The fourth-order valence-corrected chi connectivity index (χ4v) is 1.17. The molecule has 4 nitrogen and oxygen atoms in total. The Balaban J connectivity index is 2.70. The standard InChI is InChI=1S/C11H9FN4/c12-11-6-9(5-10(7-11)8-13)3-1-2-4-15-16-14/h1,3,5-7H,2,4H2. The Bertz CT molecular complexity index is 481. The maximum atomic E-state index is 13.0. The normalized spacial score (nSPS) is 9.75. The van der Waals surface area contributed by atoms with E-state index in [9.17, 15) is 4.39 Å². The summed E-state index contributed by atoms with van der Waals surface area (Å²) in [4.78, 5) is 2.61. The van der Waals surface area contributed by atoms with E-state index in [1.54, 1.807) is 18.2 Å². The van der Waals surface area contributed by atoms with Crippen molar-refractivity contribution in [3.8, 4) is 6.07 Å². The molecule has 0 aliphatic heterocycles. The van der Waals surface area contributed by atoms with Crippen molar-refractivity contribution < 1.29 is 4.39 Å². The molecule has 0 heterocycles. The number of halogens is 1. The maximum Gasteiger partial charge on any atom is 0.125 e. The minimum Gasteiger partial charge on any atom is -0.207 e. The highest BCUT2D eigenvalue weighted by Gasteiger charge is 1.97. The molecule has 0 aliphatic rings. The average Bonchev–Trinajstić information content (AvgIpc) is 2.28. The molecular formula is C11H9FN4. The van der Waals surface area contributed by atoms with Gasteiger partial charge in [0.1, 0.15) is 5.82 Å². The number of benzene rings is 1. The van der Waals surface area contributed by atoms with Crippen LogP contribution in [0.25, 0.3) is 16.5 Å². The Morgan fingerprint density at radius 1 is 1.50 bits per heavy atom. The van der Waals surface area contributed by atoms with Gasteiger partial charge in [0.05, 0.1) is 11.6 Å². The van der Waals surface area contributed by atoms with Crippen molar-refractivity contribution in [3.05, 3.63) is 51.7 Å². The van der Waals surface area contributed by atoms with Crippen LogP contribution in [0.1, 0.15) is 17.5 Å². The second-order valence-electron chi connectivity index (χ2n) is 3.03. The first-order valence-electron chi connectivity index (χ1n) is 4.64. The van der Waals surface area contributed by atoms with Gasteiger partial charge in [0.25, 0.3) is 0 Å². The van der Waals surface area contributed by atoms with E-state index in [1.165, 1.54) is 12.1 Å². The van der Waals surface area contributed by atoms with Gasteiger partial charge in [-0.05, 0) is 35.7 Å². The highest BCUT2D eigenvalue weighted by Crippen LogP contribution is 2.10. The van der Waals surface area contributed by atoms with Crippen LogP contribution in [0.5, 0.6) is 0 Å². The number of hydrogen-bond acceptors (Lipinski definition) is 2. The lowest BCUT2D eigenvalue weighted by atomic mass is 10.1. The van der Waals surface area contributed by atoms with E-state index in [1.807, 2.05) is 6.07 Å². The van der Waals surface area contributed by atoms with Crippen LogP contribution in [0, 0.1) is 17.1 Å². The fourth-order valence-electron chi connectivity index (χ4n) is 1.17. The van der Waals surface area contributed by atoms with Gasteiger partial charge in [0, 0.05) is 11.5 Å². The average molecular weight is 216 g/mol. The third-order valence-electron chi connectivity index (χ3n) is 1.82. The highest BCUT2D eigenvalue weighted by atomic mass is 19.1. The molecule has 5 heteroatoms. The van der Waals surface area contributed by atoms with Crippen LogP contribution in [0.4, 0.5) is 4.39 Å².